The fraction of sp³-hybridized carbons (Fsp3) is 0.409. The van der Waals surface area contributed by atoms with Gasteiger partial charge in [-0.3, -0.25) is 0 Å². The zero-order chi connectivity index (χ0) is 17.1. The molecule has 0 bridgehead atoms. The molecule has 0 N–H and O–H groups in total. The number of rotatable bonds is 3. The van der Waals surface area contributed by atoms with Crippen LogP contribution in [0.3, 0.4) is 0 Å². The van der Waals surface area contributed by atoms with Crippen molar-refractivity contribution in [1.29, 1.82) is 0 Å². The number of aryl methyl sites for hydroxylation is 2. The molecule has 126 valence electrons. The first kappa shape index (κ1) is 16.8. The van der Waals surface area contributed by atoms with Crippen LogP contribution in [-0.4, -0.2) is 5.97 Å². The first-order valence-electron chi connectivity index (χ1n) is 8.92. The van der Waals surface area contributed by atoms with Gasteiger partial charge in [0.25, 0.3) is 0 Å². The Morgan fingerprint density at radius 3 is 2.25 bits per heavy atom. The molecule has 0 unspecified atom stereocenters. The van der Waals surface area contributed by atoms with Crippen molar-refractivity contribution < 1.29 is 9.53 Å². The van der Waals surface area contributed by atoms with Gasteiger partial charge in [0.15, 0.2) is 0 Å². The molecule has 1 aliphatic carbocycles. The second kappa shape index (κ2) is 7.21. The largest absolute Gasteiger partial charge is 0.423 e. The van der Waals surface area contributed by atoms with E-state index in [1.54, 1.807) is 0 Å². The molecule has 2 aromatic rings. The van der Waals surface area contributed by atoms with Gasteiger partial charge >= 0.3 is 5.97 Å². The number of carbonyl (C=O) groups is 1. The van der Waals surface area contributed by atoms with Crippen molar-refractivity contribution in [2.24, 2.45) is 5.92 Å². The van der Waals surface area contributed by atoms with Gasteiger partial charge in [-0.15, -0.1) is 0 Å². The summed E-state index contributed by atoms with van der Waals surface area (Å²) in [6.45, 7) is 6.37. The van der Waals surface area contributed by atoms with E-state index in [0.29, 0.717) is 17.2 Å². The highest BCUT2D eigenvalue weighted by Gasteiger charge is 2.20. The first-order valence-corrected chi connectivity index (χ1v) is 8.92. The van der Waals surface area contributed by atoms with Crippen molar-refractivity contribution in [3.05, 3.63) is 64.7 Å². The lowest BCUT2D eigenvalue weighted by molar-refractivity contribution is 0.0733. The Hall–Kier alpha value is -2.09. The van der Waals surface area contributed by atoms with Crippen LogP contribution in [0, 0.1) is 19.8 Å². The lowest BCUT2D eigenvalue weighted by Gasteiger charge is -2.26. The molecule has 0 atom stereocenters. The van der Waals surface area contributed by atoms with E-state index in [0.717, 1.165) is 17.0 Å². The van der Waals surface area contributed by atoms with Gasteiger partial charge in [-0.2, -0.15) is 0 Å². The van der Waals surface area contributed by atoms with Gasteiger partial charge in [0, 0.05) is 0 Å². The summed E-state index contributed by atoms with van der Waals surface area (Å²) in [7, 11) is 0. The van der Waals surface area contributed by atoms with E-state index in [4.69, 9.17) is 4.74 Å². The molecule has 3 rings (SSSR count). The Bertz CT molecular complexity index is 707. The molecule has 0 amide bonds. The minimum absolute atomic E-state index is 0.294. The Labute approximate surface area is 144 Å². The van der Waals surface area contributed by atoms with Crippen LogP contribution in [0.25, 0.3) is 0 Å². The molecule has 1 aliphatic rings. The number of carbonyl (C=O) groups excluding carboxylic acids is 1. The third kappa shape index (κ3) is 3.87. The smallest absolute Gasteiger partial charge is 0.343 e. The van der Waals surface area contributed by atoms with Crippen molar-refractivity contribution in [2.45, 2.75) is 52.4 Å². The van der Waals surface area contributed by atoms with Gasteiger partial charge in [-0.1, -0.05) is 49.6 Å². The fourth-order valence-electron chi connectivity index (χ4n) is 3.48. The Morgan fingerprint density at radius 1 is 0.958 bits per heavy atom. The molecule has 0 aliphatic heterocycles. The quantitative estimate of drug-likeness (QED) is 0.526. The van der Waals surface area contributed by atoms with Crippen LogP contribution in [-0.2, 0) is 0 Å². The summed E-state index contributed by atoms with van der Waals surface area (Å²) >= 11 is 0. The molecule has 0 saturated heterocycles. The van der Waals surface area contributed by atoms with Crippen LogP contribution >= 0.6 is 0 Å². The molecule has 2 nitrogen and oxygen atoms in total. The Balaban J connectivity index is 1.70. The maximum atomic E-state index is 12.3. The number of ether oxygens (including phenoxy) is 1. The van der Waals surface area contributed by atoms with Gasteiger partial charge < -0.3 is 4.74 Å². The van der Waals surface area contributed by atoms with E-state index < -0.39 is 0 Å². The minimum atomic E-state index is -0.294. The maximum absolute atomic E-state index is 12.3. The molecular weight excluding hydrogens is 296 g/mol. The van der Waals surface area contributed by atoms with E-state index in [2.05, 4.69) is 19.1 Å². The number of esters is 1. The Kier molecular flexibility index (Phi) is 5.03. The second-order valence-corrected chi connectivity index (χ2v) is 7.24. The van der Waals surface area contributed by atoms with Gasteiger partial charge in [0.1, 0.15) is 5.75 Å². The van der Waals surface area contributed by atoms with E-state index in [1.165, 1.54) is 31.2 Å². The summed E-state index contributed by atoms with van der Waals surface area (Å²) in [5.41, 5.74) is 4.14. The van der Waals surface area contributed by atoms with Crippen LogP contribution < -0.4 is 4.74 Å². The SMILES string of the molecule is Cc1ccc(C(=O)Oc2ccc(C3CCC(C)CC3)cc2C)cc1. The standard InChI is InChI=1S/C22H26O2/c1-15-4-8-18(9-5-15)20-12-13-21(17(3)14-20)24-22(23)19-10-6-16(2)7-11-19/h6-7,10-15,18H,4-5,8-9H2,1-3H3. The summed E-state index contributed by atoms with van der Waals surface area (Å²) in [6, 6.07) is 13.8. The van der Waals surface area contributed by atoms with Crippen LogP contribution in [0.1, 0.15) is 65.6 Å². The fourth-order valence-corrected chi connectivity index (χ4v) is 3.48. The van der Waals surface area contributed by atoms with E-state index in [-0.39, 0.29) is 5.97 Å². The normalized spacial score (nSPS) is 20.6. The zero-order valence-corrected chi connectivity index (χ0v) is 14.8. The van der Waals surface area contributed by atoms with Crippen LogP contribution in [0.5, 0.6) is 5.75 Å². The highest BCUT2D eigenvalue weighted by atomic mass is 16.5. The molecule has 1 fully saturated rings. The third-order valence-electron chi connectivity index (χ3n) is 5.18. The van der Waals surface area contributed by atoms with Crippen LogP contribution in [0.15, 0.2) is 42.5 Å². The topological polar surface area (TPSA) is 26.3 Å². The minimum Gasteiger partial charge on any atom is -0.423 e. The zero-order valence-electron chi connectivity index (χ0n) is 14.8. The molecule has 0 radical (unpaired) electrons. The lowest BCUT2D eigenvalue weighted by Crippen LogP contribution is -2.12. The predicted octanol–water partition coefficient (Wildman–Crippen LogP) is 5.82. The van der Waals surface area contributed by atoms with Crippen molar-refractivity contribution in [2.75, 3.05) is 0 Å². The molecule has 2 aromatic carbocycles. The number of hydrogen-bond acceptors (Lipinski definition) is 2. The van der Waals surface area contributed by atoms with Crippen LogP contribution in [0.2, 0.25) is 0 Å². The van der Waals surface area contributed by atoms with Crippen molar-refractivity contribution in [1.82, 2.24) is 0 Å². The summed E-state index contributed by atoms with van der Waals surface area (Å²) in [6.07, 6.45) is 5.16. The van der Waals surface area contributed by atoms with Crippen molar-refractivity contribution in [3.8, 4) is 5.75 Å². The summed E-state index contributed by atoms with van der Waals surface area (Å²) in [4.78, 5) is 12.3. The molecule has 24 heavy (non-hydrogen) atoms. The van der Waals surface area contributed by atoms with Crippen molar-refractivity contribution >= 4 is 5.97 Å². The summed E-state index contributed by atoms with van der Waals surface area (Å²) < 4.78 is 5.59. The number of benzene rings is 2. The van der Waals surface area contributed by atoms with Gasteiger partial charge in [-0.25, -0.2) is 4.79 Å². The average molecular weight is 322 g/mol. The molecule has 0 spiro atoms. The molecular formula is C22H26O2. The Morgan fingerprint density at radius 2 is 1.62 bits per heavy atom. The molecule has 1 saturated carbocycles. The van der Waals surface area contributed by atoms with E-state index >= 15 is 0 Å². The summed E-state index contributed by atoms with van der Waals surface area (Å²) in [5, 5.41) is 0. The number of hydrogen-bond donors (Lipinski definition) is 0. The van der Waals surface area contributed by atoms with E-state index in [9.17, 15) is 4.79 Å². The van der Waals surface area contributed by atoms with Gasteiger partial charge in [-0.05, 0) is 67.9 Å². The maximum Gasteiger partial charge on any atom is 0.343 e. The molecule has 2 heteroatoms. The lowest BCUT2D eigenvalue weighted by atomic mass is 9.79. The molecule has 0 aromatic heterocycles. The highest BCUT2D eigenvalue weighted by molar-refractivity contribution is 5.91. The molecule has 0 heterocycles. The third-order valence-corrected chi connectivity index (χ3v) is 5.18. The van der Waals surface area contributed by atoms with Crippen molar-refractivity contribution in [3.63, 3.8) is 0 Å². The predicted molar refractivity (Wildman–Crippen MR) is 97.7 cm³/mol. The second-order valence-electron chi connectivity index (χ2n) is 7.24. The van der Waals surface area contributed by atoms with Gasteiger partial charge in [0.05, 0.1) is 5.56 Å². The average Bonchev–Trinajstić information content (AvgIpc) is 2.58. The van der Waals surface area contributed by atoms with E-state index in [1.807, 2.05) is 44.2 Å². The summed E-state index contributed by atoms with van der Waals surface area (Å²) in [5.74, 6) is 1.88. The first-order chi connectivity index (χ1) is 11.5. The van der Waals surface area contributed by atoms with Crippen LogP contribution in [0.4, 0.5) is 0 Å². The highest BCUT2D eigenvalue weighted by Crippen LogP contribution is 2.36. The van der Waals surface area contributed by atoms with Gasteiger partial charge in [0.2, 0.25) is 0 Å². The monoisotopic (exact) mass is 322 g/mol.